The summed E-state index contributed by atoms with van der Waals surface area (Å²) >= 11 is 0. The fourth-order valence-electron chi connectivity index (χ4n) is 3.66. The standard InChI is InChI=1S/C29H36F2N2O5/c1-7-8-16-33-18-24(28(35)32(4)17-23(21(3)31)15-14-20(2)30)26(34)27(25(33)29(36-5)37-6)38-19-22-12-10-9-11-13-22/h7-15,18,20,29H,16-17,19H2,1-6H3. The van der Waals surface area contributed by atoms with Crippen LogP contribution in [0.4, 0.5) is 8.78 Å². The molecule has 7 nitrogen and oxygen atoms in total. The zero-order chi connectivity index (χ0) is 28.2. The third kappa shape index (κ3) is 8.22. The first-order chi connectivity index (χ1) is 18.1. The van der Waals surface area contributed by atoms with E-state index in [1.807, 2.05) is 49.4 Å². The van der Waals surface area contributed by atoms with E-state index in [-0.39, 0.29) is 30.0 Å². The van der Waals surface area contributed by atoms with Crippen molar-refractivity contribution >= 4 is 5.91 Å². The maximum atomic E-state index is 14.1. The molecule has 1 aromatic heterocycles. The SMILES string of the molecule is CC=CCn1cc(C(=O)N(C)CC(C=CC(C)F)=C(C)F)c(=O)c(OCc2ccccc2)c1C(OC)OC. The molecule has 0 aliphatic heterocycles. The van der Waals surface area contributed by atoms with Crippen LogP contribution in [-0.4, -0.2) is 49.4 Å². The molecule has 206 valence electrons. The molecule has 1 heterocycles. The van der Waals surface area contributed by atoms with Gasteiger partial charge in [0.2, 0.25) is 11.7 Å². The molecule has 38 heavy (non-hydrogen) atoms. The van der Waals surface area contributed by atoms with Crippen LogP contribution in [0.25, 0.3) is 0 Å². The van der Waals surface area contributed by atoms with Gasteiger partial charge < -0.3 is 23.7 Å². The number of hydrogen-bond acceptors (Lipinski definition) is 5. The second kappa shape index (κ2) is 15.0. The Bertz CT molecular complexity index is 1210. The highest BCUT2D eigenvalue weighted by Crippen LogP contribution is 2.27. The lowest BCUT2D eigenvalue weighted by Crippen LogP contribution is -2.34. The van der Waals surface area contributed by atoms with Gasteiger partial charge in [-0.25, -0.2) is 8.78 Å². The fraction of sp³-hybridized carbons (Fsp3) is 0.379. The van der Waals surface area contributed by atoms with Gasteiger partial charge in [0, 0.05) is 46.1 Å². The van der Waals surface area contributed by atoms with Crippen molar-refractivity contribution in [1.29, 1.82) is 0 Å². The van der Waals surface area contributed by atoms with Crippen LogP contribution in [-0.2, 0) is 22.6 Å². The van der Waals surface area contributed by atoms with Crippen LogP contribution >= 0.6 is 0 Å². The zero-order valence-corrected chi connectivity index (χ0v) is 22.7. The summed E-state index contributed by atoms with van der Waals surface area (Å²) in [5.41, 5.74) is 0.427. The van der Waals surface area contributed by atoms with E-state index in [2.05, 4.69) is 0 Å². The number of halogens is 2. The minimum Gasteiger partial charge on any atom is -0.483 e. The summed E-state index contributed by atoms with van der Waals surface area (Å²) in [6.45, 7) is 4.59. The van der Waals surface area contributed by atoms with E-state index in [1.165, 1.54) is 58.4 Å². The highest BCUT2D eigenvalue weighted by Gasteiger charge is 2.28. The van der Waals surface area contributed by atoms with E-state index in [9.17, 15) is 18.4 Å². The van der Waals surface area contributed by atoms with Crippen molar-refractivity contribution < 1.29 is 27.8 Å². The number of nitrogens with zero attached hydrogens (tertiary/aromatic N) is 2. The Balaban J connectivity index is 2.62. The highest BCUT2D eigenvalue weighted by molar-refractivity contribution is 5.94. The molecule has 0 radical (unpaired) electrons. The Morgan fingerprint density at radius 1 is 1.18 bits per heavy atom. The quantitative estimate of drug-likeness (QED) is 0.194. The number of carbonyl (C=O) groups excluding carboxylic acids is 1. The van der Waals surface area contributed by atoms with Gasteiger partial charge in [0.25, 0.3) is 5.91 Å². The average Bonchev–Trinajstić information content (AvgIpc) is 2.90. The first kappa shape index (κ1) is 30.7. The van der Waals surface area contributed by atoms with Crippen LogP contribution in [0.3, 0.4) is 0 Å². The monoisotopic (exact) mass is 530 g/mol. The van der Waals surface area contributed by atoms with Crippen molar-refractivity contribution in [1.82, 2.24) is 9.47 Å². The third-order valence-electron chi connectivity index (χ3n) is 5.68. The number of allylic oxidation sites excluding steroid dienone is 4. The minimum absolute atomic E-state index is 0.0699. The number of benzene rings is 1. The van der Waals surface area contributed by atoms with Crippen LogP contribution in [0.15, 0.2) is 77.0 Å². The number of alkyl halides is 1. The van der Waals surface area contributed by atoms with Crippen molar-refractivity contribution in [2.24, 2.45) is 0 Å². The molecule has 1 aromatic carbocycles. The van der Waals surface area contributed by atoms with Gasteiger partial charge in [0.15, 0.2) is 5.75 Å². The van der Waals surface area contributed by atoms with Crippen LogP contribution in [0.2, 0.25) is 0 Å². The molecule has 9 heteroatoms. The van der Waals surface area contributed by atoms with Crippen molar-refractivity contribution in [2.75, 3.05) is 27.8 Å². The summed E-state index contributed by atoms with van der Waals surface area (Å²) in [6, 6.07) is 9.27. The summed E-state index contributed by atoms with van der Waals surface area (Å²) in [7, 11) is 4.32. The summed E-state index contributed by atoms with van der Waals surface area (Å²) in [5.74, 6) is -1.29. The fourth-order valence-corrected chi connectivity index (χ4v) is 3.66. The molecule has 1 unspecified atom stereocenters. The maximum absolute atomic E-state index is 14.1. The van der Waals surface area contributed by atoms with Gasteiger partial charge in [-0.15, -0.1) is 0 Å². The molecule has 0 fully saturated rings. The van der Waals surface area contributed by atoms with Crippen LogP contribution in [0, 0.1) is 0 Å². The number of amides is 1. The average molecular weight is 531 g/mol. The molecule has 1 amide bonds. The third-order valence-corrected chi connectivity index (χ3v) is 5.68. The summed E-state index contributed by atoms with van der Waals surface area (Å²) in [5, 5.41) is 0. The lowest BCUT2D eigenvalue weighted by Gasteiger charge is -2.24. The largest absolute Gasteiger partial charge is 0.483 e. The first-order valence-electron chi connectivity index (χ1n) is 12.2. The predicted molar refractivity (Wildman–Crippen MR) is 144 cm³/mol. The maximum Gasteiger partial charge on any atom is 0.259 e. The lowest BCUT2D eigenvalue weighted by molar-refractivity contribution is -0.112. The van der Waals surface area contributed by atoms with Gasteiger partial charge in [-0.05, 0) is 26.3 Å². The van der Waals surface area contributed by atoms with E-state index in [1.54, 1.807) is 4.57 Å². The first-order valence-corrected chi connectivity index (χ1v) is 12.2. The molecule has 2 rings (SSSR count). The Labute approximate surface area is 222 Å². The highest BCUT2D eigenvalue weighted by atomic mass is 19.1. The molecule has 0 aliphatic carbocycles. The van der Waals surface area contributed by atoms with E-state index in [0.717, 1.165) is 5.56 Å². The second-order valence-electron chi connectivity index (χ2n) is 8.64. The number of hydrogen-bond donors (Lipinski definition) is 0. The molecular weight excluding hydrogens is 494 g/mol. The van der Waals surface area contributed by atoms with Crippen LogP contribution in [0.1, 0.15) is 48.7 Å². The molecule has 0 bridgehead atoms. The normalized spacial score (nSPS) is 13.3. The van der Waals surface area contributed by atoms with Crippen LogP contribution < -0.4 is 10.2 Å². The summed E-state index contributed by atoms with van der Waals surface area (Å²) in [6.07, 6.45) is 5.35. The van der Waals surface area contributed by atoms with E-state index < -0.39 is 29.6 Å². The molecular formula is C29H36F2N2O5. The van der Waals surface area contributed by atoms with Gasteiger partial charge in [-0.1, -0.05) is 54.6 Å². The molecule has 0 N–H and O–H groups in total. The smallest absolute Gasteiger partial charge is 0.259 e. The Hall–Kier alpha value is -3.56. The number of carbonyl (C=O) groups is 1. The number of methoxy groups -OCH3 is 2. The van der Waals surface area contributed by atoms with Gasteiger partial charge in [-0.2, -0.15) is 0 Å². The van der Waals surface area contributed by atoms with Gasteiger partial charge >= 0.3 is 0 Å². The number of pyridine rings is 1. The van der Waals surface area contributed by atoms with E-state index in [0.29, 0.717) is 12.2 Å². The van der Waals surface area contributed by atoms with Crippen molar-refractivity contribution in [3.63, 3.8) is 0 Å². The number of ether oxygens (including phenoxy) is 3. The summed E-state index contributed by atoms with van der Waals surface area (Å²) < 4.78 is 46.0. The zero-order valence-electron chi connectivity index (χ0n) is 22.7. The molecule has 0 saturated carbocycles. The van der Waals surface area contributed by atoms with Crippen molar-refractivity contribution in [3.05, 3.63) is 99.3 Å². The molecule has 2 aromatic rings. The topological polar surface area (TPSA) is 70.0 Å². The Morgan fingerprint density at radius 2 is 1.84 bits per heavy atom. The van der Waals surface area contributed by atoms with Gasteiger partial charge in [-0.3, -0.25) is 9.59 Å². The van der Waals surface area contributed by atoms with Gasteiger partial charge in [0.1, 0.15) is 29.9 Å². The Morgan fingerprint density at radius 3 is 2.39 bits per heavy atom. The lowest BCUT2D eigenvalue weighted by atomic mass is 10.1. The molecule has 0 saturated heterocycles. The molecule has 1 atom stereocenters. The minimum atomic E-state index is -1.28. The molecule has 0 aliphatic rings. The van der Waals surface area contributed by atoms with Crippen molar-refractivity contribution in [3.8, 4) is 5.75 Å². The van der Waals surface area contributed by atoms with Gasteiger partial charge in [0.05, 0.1) is 0 Å². The number of rotatable bonds is 13. The molecule has 0 spiro atoms. The Kier molecular flexibility index (Phi) is 12.1. The van der Waals surface area contributed by atoms with Crippen molar-refractivity contribution in [2.45, 2.75) is 46.4 Å². The number of aromatic nitrogens is 1. The second-order valence-corrected chi connectivity index (χ2v) is 8.64. The predicted octanol–water partition coefficient (Wildman–Crippen LogP) is 5.52. The van der Waals surface area contributed by atoms with E-state index in [4.69, 9.17) is 14.2 Å². The number of likely N-dealkylation sites (N-methyl/N-ethyl adjacent to an activating group) is 1. The van der Waals surface area contributed by atoms with Crippen LogP contribution in [0.5, 0.6) is 5.75 Å². The summed E-state index contributed by atoms with van der Waals surface area (Å²) in [4.78, 5) is 28.4. The van der Waals surface area contributed by atoms with E-state index >= 15 is 0 Å².